The Balaban J connectivity index is 1.43. The van der Waals surface area contributed by atoms with Gasteiger partial charge in [0.2, 0.25) is 5.95 Å². The number of anilines is 2. The van der Waals surface area contributed by atoms with Crippen molar-refractivity contribution in [2.45, 2.75) is 12.8 Å². The van der Waals surface area contributed by atoms with Crippen molar-refractivity contribution < 1.29 is 4.79 Å². The van der Waals surface area contributed by atoms with Gasteiger partial charge in [-0.05, 0) is 25.0 Å². The SMILES string of the molecule is O=C(c1cncc(N2CCN(c3ncccn3)CC2)c1)N1CCCC1. The normalized spacial score (nSPS) is 17.8. The van der Waals surface area contributed by atoms with E-state index in [4.69, 9.17) is 0 Å². The molecule has 0 atom stereocenters. The number of pyridine rings is 1. The smallest absolute Gasteiger partial charge is 0.255 e. The number of carbonyl (C=O) groups is 1. The second-order valence-corrected chi connectivity index (χ2v) is 6.45. The quantitative estimate of drug-likeness (QED) is 0.844. The van der Waals surface area contributed by atoms with Gasteiger partial charge in [0.15, 0.2) is 0 Å². The molecule has 7 nitrogen and oxygen atoms in total. The van der Waals surface area contributed by atoms with E-state index in [2.05, 4.69) is 24.8 Å². The highest BCUT2D eigenvalue weighted by atomic mass is 16.2. The maximum atomic E-state index is 12.6. The Morgan fingerprint density at radius 3 is 2.28 bits per heavy atom. The third-order valence-electron chi connectivity index (χ3n) is 4.84. The first kappa shape index (κ1) is 15.8. The van der Waals surface area contributed by atoms with Gasteiger partial charge in [0.1, 0.15) is 0 Å². The number of nitrogens with zero attached hydrogens (tertiary/aromatic N) is 6. The molecule has 0 bridgehead atoms. The first-order valence-corrected chi connectivity index (χ1v) is 8.82. The summed E-state index contributed by atoms with van der Waals surface area (Å²) in [5, 5.41) is 0. The van der Waals surface area contributed by atoms with Gasteiger partial charge >= 0.3 is 0 Å². The summed E-state index contributed by atoms with van der Waals surface area (Å²) in [6.45, 7) is 5.16. The zero-order chi connectivity index (χ0) is 17.1. The van der Waals surface area contributed by atoms with Crippen molar-refractivity contribution in [1.82, 2.24) is 19.9 Å². The summed E-state index contributed by atoms with van der Waals surface area (Å²) in [7, 11) is 0. The molecule has 0 radical (unpaired) electrons. The van der Waals surface area contributed by atoms with E-state index in [-0.39, 0.29) is 5.91 Å². The summed E-state index contributed by atoms with van der Waals surface area (Å²) in [6.07, 6.45) is 9.26. The predicted octanol–water partition coefficient (Wildman–Crippen LogP) is 1.43. The van der Waals surface area contributed by atoms with E-state index in [1.165, 1.54) is 0 Å². The summed E-state index contributed by atoms with van der Waals surface area (Å²) >= 11 is 0. The molecule has 2 aliphatic rings. The molecule has 2 aromatic rings. The van der Waals surface area contributed by atoms with Crippen LogP contribution in [0.25, 0.3) is 0 Å². The van der Waals surface area contributed by atoms with Gasteiger partial charge in [0.05, 0.1) is 17.4 Å². The van der Waals surface area contributed by atoms with Gasteiger partial charge in [-0.3, -0.25) is 9.78 Å². The largest absolute Gasteiger partial charge is 0.367 e. The molecule has 4 rings (SSSR count). The first-order valence-electron chi connectivity index (χ1n) is 8.82. The Hall–Kier alpha value is -2.70. The molecule has 0 saturated carbocycles. The molecule has 1 amide bonds. The number of amides is 1. The van der Waals surface area contributed by atoms with E-state index in [0.717, 1.165) is 63.7 Å². The van der Waals surface area contributed by atoms with Crippen molar-refractivity contribution in [2.75, 3.05) is 49.1 Å². The Morgan fingerprint density at radius 1 is 0.880 bits per heavy atom. The van der Waals surface area contributed by atoms with Crippen LogP contribution >= 0.6 is 0 Å². The van der Waals surface area contributed by atoms with E-state index in [0.29, 0.717) is 5.56 Å². The number of rotatable bonds is 3. The van der Waals surface area contributed by atoms with Crippen molar-refractivity contribution >= 4 is 17.5 Å². The van der Waals surface area contributed by atoms with E-state index in [9.17, 15) is 4.79 Å². The molecule has 130 valence electrons. The minimum Gasteiger partial charge on any atom is -0.367 e. The fourth-order valence-electron chi connectivity index (χ4n) is 3.44. The third-order valence-corrected chi connectivity index (χ3v) is 4.84. The van der Waals surface area contributed by atoms with Crippen molar-refractivity contribution in [3.8, 4) is 0 Å². The summed E-state index contributed by atoms with van der Waals surface area (Å²) in [4.78, 5) is 31.9. The number of likely N-dealkylation sites (tertiary alicyclic amines) is 1. The van der Waals surface area contributed by atoms with Gasteiger partial charge in [-0.15, -0.1) is 0 Å². The molecule has 2 aliphatic heterocycles. The lowest BCUT2D eigenvalue weighted by Crippen LogP contribution is -2.47. The molecular formula is C18H22N6O. The molecule has 7 heteroatoms. The highest BCUT2D eigenvalue weighted by Gasteiger charge is 2.22. The molecule has 4 heterocycles. The Bertz CT molecular complexity index is 723. The topological polar surface area (TPSA) is 65.5 Å². The fourth-order valence-corrected chi connectivity index (χ4v) is 3.44. The van der Waals surface area contributed by atoms with E-state index in [1.807, 2.05) is 23.2 Å². The molecule has 25 heavy (non-hydrogen) atoms. The van der Waals surface area contributed by atoms with Crippen LogP contribution in [0.15, 0.2) is 36.9 Å². The van der Waals surface area contributed by atoms with Crippen LogP contribution in [0.1, 0.15) is 23.2 Å². The minimum atomic E-state index is 0.100. The molecule has 0 aromatic carbocycles. The summed E-state index contributed by atoms with van der Waals surface area (Å²) in [5.41, 5.74) is 1.70. The Morgan fingerprint density at radius 2 is 1.56 bits per heavy atom. The molecule has 2 fully saturated rings. The molecular weight excluding hydrogens is 316 g/mol. The maximum absolute atomic E-state index is 12.6. The van der Waals surface area contributed by atoms with Crippen LogP contribution in [0, 0.1) is 0 Å². The lowest BCUT2D eigenvalue weighted by molar-refractivity contribution is 0.0792. The highest BCUT2D eigenvalue weighted by molar-refractivity contribution is 5.95. The molecule has 0 spiro atoms. The monoisotopic (exact) mass is 338 g/mol. The van der Waals surface area contributed by atoms with Crippen LogP contribution in [0.2, 0.25) is 0 Å². The average molecular weight is 338 g/mol. The molecule has 0 aliphatic carbocycles. The van der Waals surface area contributed by atoms with E-state index >= 15 is 0 Å². The van der Waals surface area contributed by atoms with Crippen molar-refractivity contribution in [1.29, 1.82) is 0 Å². The van der Waals surface area contributed by atoms with Gasteiger partial charge in [0, 0.05) is 57.9 Å². The number of aromatic nitrogens is 3. The first-order chi connectivity index (χ1) is 12.3. The lowest BCUT2D eigenvalue weighted by Gasteiger charge is -2.36. The summed E-state index contributed by atoms with van der Waals surface area (Å²) < 4.78 is 0. The highest BCUT2D eigenvalue weighted by Crippen LogP contribution is 2.20. The molecule has 2 saturated heterocycles. The van der Waals surface area contributed by atoms with Crippen molar-refractivity contribution in [2.24, 2.45) is 0 Å². The number of carbonyl (C=O) groups excluding carboxylic acids is 1. The van der Waals surface area contributed by atoms with Gasteiger partial charge < -0.3 is 14.7 Å². The van der Waals surface area contributed by atoms with Crippen molar-refractivity contribution in [3.05, 3.63) is 42.5 Å². The van der Waals surface area contributed by atoms with Gasteiger partial charge in [-0.2, -0.15) is 0 Å². The average Bonchev–Trinajstić information content (AvgIpc) is 3.23. The number of hydrogen-bond donors (Lipinski definition) is 0. The summed E-state index contributed by atoms with van der Waals surface area (Å²) in [5.74, 6) is 0.876. The van der Waals surface area contributed by atoms with Gasteiger partial charge in [-0.25, -0.2) is 9.97 Å². The molecule has 0 N–H and O–H groups in total. The number of piperazine rings is 1. The van der Waals surface area contributed by atoms with Crippen molar-refractivity contribution in [3.63, 3.8) is 0 Å². The Labute approximate surface area is 147 Å². The number of hydrogen-bond acceptors (Lipinski definition) is 6. The van der Waals surface area contributed by atoms with Crippen LogP contribution in [0.3, 0.4) is 0 Å². The molecule has 2 aromatic heterocycles. The fraction of sp³-hybridized carbons (Fsp3) is 0.444. The second-order valence-electron chi connectivity index (χ2n) is 6.45. The second kappa shape index (κ2) is 7.04. The predicted molar refractivity (Wildman–Crippen MR) is 95.8 cm³/mol. The lowest BCUT2D eigenvalue weighted by atomic mass is 10.2. The van der Waals surface area contributed by atoms with Crippen LogP contribution in [-0.2, 0) is 0 Å². The summed E-state index contributed by atoms with van der Waals surface area (Å²) in [6, 6.07) is 3.80. The molecule has 0 unspecified atom stereocenters. The van der Waals surface area contributed by atoms with Gasteiger partial charge in [0.25, 0.3) is 5.91 Å². The van der Waals surface area contributed by atoms with Crippen LogP contribution < -0.4 is 9.80 Å². The maximum Gasteiger partial charge on any atom is 0.255 e. The standard InChI is InChI=1S/C18H22N6O/c25-17(23-6-1-2-7-23)15-12-16(14-19-13-15)22-8-10-24(11-9-22)18-20-4-3-5-21-18/h3-5,12-14H,1-2,6-11H2. The zero-order valence-corrected chi connectivity index (χ0v) is 14.2. The van der Waals surface area contributed by atoms with Crippen LogP contribution in [0.5, 0.6) is 0 Å². The van der Waals surface area contributed by atoms with E-state index < -0.39 is 0 Å². The van der Waals surface area contributed by atoms with E-state index in [1.54, 1.807) is 18.6 Å². The zero-order valence-electron chi connectivity index (χ0n) is 14.2. The Kier molecular flexibility index (Phi) is 4.45. The minimum absolute atomic E-state index is 0.100. The van der Waals surface area contributed by atoms with Gasteiger partial charge in [-0.1, -0.05) is 0 Å². The third kappa shape index (κ3) is 3.40. The van der Waals surface area contributed by atoms with Crippen LogP contribution in [-0.4, -0.2) is 65.0 Å². The van der Waals surface area contributed by atoms with Crippen LogP contribution in [0.4, 0.5) is 11.6 Å².